The summed E-state index contributed by atoms with van der Waals surface area (Å²) in [5.41, 5.74) is 8.74. The van der Waals surface area contributed by atoms with Gasteiger partial charge in [0.15, 0.2) is 0 Å². The molecule has 3 aromatic rings. The predicted octanol–water partition coefficient (Wildman–Crippen LogP) is 2.42. The van der Waals surface area contributed by atoms with Gasteiger partial charge in [0.2, 0.25) is 5.78 Å². The van der Waals surface area contributed by atoms with Crippen LogP contribution in [0.3, 0.4) is 0 Å². The van der Waals surface area contributed by atoms with Crippen molar-refractivity contribution in [1.29, 1.82) is 0 Å². The molecule has 0 unspecified atom stereocenters. The van der Waals surface area contributed by atoms with Crippen LogP contribution in [0.2, 0.25) is 0 Å². The van der Waals surface area contributed by atoms with E-state index in [1.807, 2.05) is 34.9 Å². The molecule has 0 aliphatic rings. The van der Waals surface area contributed by atoms with Gasteiger partial charge in [0.1, 0.15) is 0 Å². The largest absolute Gasteiger partial charge is 0.465 e. The molecule has 0 saturated heterocycles. The second-order valence-electron chi connectivity index (χ2n) is 5.12. The Morgan fingerprint density at radius 1 is 1.09 bits per heavy atom. The zero-order chi connectivity index (χ0) is 16.4. The molecule has 5 heteroatoms. The van der Waals surface area contributed by atoms with Crippen molar-refractivity contribution in [3.05, 3.63) is 77.1 Å². The quantitative estimate of drug-likeness (QED) is 0.593. The van der Waals surface area contributed by atoms with E-state index in [-0.39, 0.29) is 12.3 Å². The molecule has 116 valence electrons. The number of methoxy groups -OCH3 is 1. The van der Waals surface area contributed by atoms with Crippen LogP contribution < -0.4 is 5.73 Å². The fourth-order valence-corrected chi connectivity index (χ4v) is 2.63. The van der Waals surface area contributed by atoms with Crippen molar-refractivity contribution >= 4 is 17.3 Å². The number of ether oxygens (including phenoxy) is 1. The molecule has 0 aliphatic carbocycles. The summed E-state index contributed by atoms with van der Waals surface area (Å²) in [5.74, 6) is -0.652. The van der Waals surface area contributed by atoms with Crippen LogP contribution in [0.5, 0.6) is 0 Å². The van der Waals surface area contributed by atoms with Crippen molar-refractivity contribution in [1.82, 2.24) is 4.40 Å². The van der Waals surface area contributed by atoms with Gasteiger partial charge in [-0.2, -0.15) is 0 Å². The molecule has 1 aromatic carbocycles. The minimum atomic E-state index is -0.473. The maximum atomic E-state index is 12.9. The fourth-order valence-electron chi connectivity index (χ4n) is 2.63. The van der Waals surface area contributed by atoms with Crippen LogP contribution in [0, 0.1) is 0 Å². The van der Waals surface area contributed by atoms with Crippen molar-refractivity contribution in [2.45, 2.75) is 6.54 Å². The molecule has 0 spiro atoms. The summed E-state index contributed by atoms with van der Waals surface area (Å²) in [6, 6.07) is 14.1. The van der Waals surface area contributed by atoms with Crippen molar-refractivity contribution in [3.63, 3.8) is 0 Å². The first-order chi connectivity index (χ1) is 11.2. The summed E-state index contributed by atoms with van der Waals surface area (Å²) in [6.45, 7) is 0.263. The summed E-state index contributed by atoms with van der Waals surface area (Å²) in [4.78, 5) is 24.6. The molecule has 0 atom stereocenters. The van der Waals surface area contributed by atoms with Gasteiger partial charge in [-0.25, -0.2) is 4.79 Å². The smallest absolute Gasteiger partial charge is 0.337 e. The third kappa shape index (κ3) is 2.62. The number of esters is 1. The summed E-state index contributed by atoms with van der Waals surface area (Å²) < 4.78 is 6.52. The van der Waals surface area contributed by atoms with Crippen molar-refractivity contribution < 1.29 is 14.3 Å². The van der Waals surface area contributed by atoms with Crippen molar-refractivity contribution in [2.75, 3.05) is 7.11 Å². The molecule has 0 radical (unpaired) electrons. The zero-order valence-corrected chi connectivity index (χ0v) is 12.7. The summed E-state index contributed by atoms with van der Waals surface area (Å²) in [7, 11) is 1.31. The highest BCUT2D eigenvalue weighted by Gasteiger charge is 2.19. The van der Waals surface area contributed by atoms with Crippen LogP contribution in [0.25, 0.3) is 5.52 Å². The molecule has 23 heavy (non-hydrogen) atoms. The standard InChI is InChI=1S/C18H16N2O3/c1-23-18(22)13-6-4-5-12(9-13)17(21)16-14(11-19)10-15-7-2-3-8-20(15)16/h2-10H,11,19H2,1H3. The Kier molecular flexibility index (Phi) is 3.95. The maximum Gasteiger partial charge on any atom is 0.337 e. The lowest BCUT2D eigenvalue weighted by atomic mass is 10.0. The number of benzene rings is 1. The molecule has 0 fully saturated rings. The van der Waals surface area contributed by atoms with Crippen LogP contribution in [0.1, 0.15) is 32.0 Å². The number of carbonyl (C=O) groups excluding carboxylic acids is 2. The molecule has 2 heterocycles. The fraction of sp³-hybridized carbons (Fsp3) is 0.111. The number of nitrogens with zero attached hydrogens (tertiary/aromatic N) is 1. The first-order valence-corrected chi connectivity index (χ1v) is 7.18. The van der Waals surface area contributed by atoms with Crippen LogP contribution in [-0.2, 0) is 11.3 Å². The average molecular weight is 308 g/mol. The van der Waals surface area contributed by atoms with Crippen LogP contribution in [0.4, 0.5) is 0 Å². The van der Waals surface area contributed by atoms with Gasteiger partial charge in [-0.1, -0.05) is 18.2 Å². The third-order valence-electron chi connectivity index (χ3n) is 3.74. The first-order valence-electron chi connectivity index (χ1n) is 7.18. The Labute approximate surface area is 133 Å². The number of fused-ring (bicyclic) bond motifs is 1. The molecule has 0 aliphatic heterocycles. The Morgan fingerprint density at radius 3 is 2.61 bits per heavy atom. The first kappa shape index (κ1) is 15.0. The minimum Gasteiger partial charge on any atom is -0.465 e. The van der Waals surface area contributed by atoms with Crippen LogP contribution >= 0.6 is 0 Å². The molecule has 5 nitrogen and oxygen atoms in total. The van der Waals surface area contributed by atoms with E-state index in [0.29, 0.717) is 16.8 Å². The van der Waals surface area contributed by atoms with Gasteiger partial charge in [-0.05, 0) is 35.9 Å². The number of ketones is 1. The highest BCUT2D eigenvalue weighted by molar-refractivity contribution is 6.10. The Balaban J connectivity index is 2.12. The van der Waals surface area contributed by atoms with Gasteiger partial charge in [0, 0.05) is 23.8 Å². The monoisotopic (exact) mass is 308 g/mol. The van der Waals surface area contributed by atoms with E-state index >= 15 is 0 Å². The number of carbonyl (C=O) groups is 2. The second-order valence-corrected chi connectivity index (χ2v) is 5.12. The molecule has 2 aromatic heterocycles. The highest BCUT2D eigenvalue weighted by atomic mass is 16.5. The normalized spacial score (nSPS) is 10.7. The summed E-state index contributed by atoms with van der Waals surface area (Å²) in [5, 5.41) is 0. The number of hydrogen-bond donors (Lipinski definition) is 1. The molecular weight excluding hydrogens is 292 g/mol. The number of hydrogen-bond acceptors (Lipinski definition) is 4. The van der Waals surface area contributed by atoms with E-state index in [1.165, 1.54) is 13.2 Å². The Morgan fingerprint density at radius 2 is 1.87 bits per heavy atom. The van der Waals surface area contributed by atoms with Gasteiger partial charge < -0.3 is 14.9 Å². The molecular formula is C18H16N2O3. The molecule has 0 bridgehead atoms. The van der Waals surface area contributed by atoms with E-state index in [0.717, 1.165) is 11.1 Å². The van der Waals surface area contributed by atoms with Gasteiger partial charge in [-0.3, -0.25) is 4.79 Å². The highest BCUT2D eigenvalue weighted by Crippen LogP contribution is 2.20. The molecule has 2 N–H and O–H groups in total. The van der Waals surface area contributed by atoms with Crippen LogP contribution in [0.15, 0.2) is 54.7 Å². The zero-order valence-electron chi connectivity index (χ0n) is 12.7. The lowest BCUT2D eigenvalue weighted by Crippen LogP contribution is -2.11. The average Bonchev–Trinajstić information content (AvgIpc) is 2.99. The topological polar surface area (TPSA) is 73.8 Å². The number of rotatable bonds is 4. The number of pyridine rings is 1. The Hall–Kier alpha value is -2.92. The van der Waals surface area contributed by atoms with Gasteiger partial charge >= 0.3 is 5.97 Å². The SMILES string of the molecule is COC(=O)c1cccc(C(=O)c2c(CN)cc3ccccn23)c1. The van der Waals surface area contributed by atoms with E-state index in [2.05, 4.69) is 0 Å². The van der Waals surface area contributed by atoms with E-state index in [9.17, 15) is 9.59 Å². The van der Waals surface area contributed by atoms with Crippen LogP contribution in [-0.4, -0.2) is 23.3 Å². The Bertz CT molecular complexity index is 896. The second kappa shape index (κ2) is 6.06. The van der Waals surface area contributed by atoms with Crippen molar-refractivity contribution in [2.24, 2.45) is 5.73 Å². The van der Waals surface area contributed by atoms with E-state index < -0.39 is 5.97 Å². The minimum absolute atomic E-state index is 0.178. The van der Waals surface area contributed by atoms with Crippen molar-refractivity contribution in [3.8, 4) is 0 Å². The number of nitrogens with two attached hydrogens (primary N) is 1. The van der Waals surface area contributed by atoms with Gasteiger partial charge in [-0.15, -0.1) is 0 Å². The lowest BCUT2D eigenvalue weighted by molar-refractivity contribution is 0.0600. The molecule has 0 amide bonds. The van der Waals surface area contributed by atoms with Gasteiger partial charge in [0.05, 0.1) is 18.4 Å². The maximum absolute atomic E-state index is 12.9. The molecule has 0 saturated carbocycles. The third-order valence-corrected chi connectivity index (χ3v) is 3.74. The summed E-state index contributed by atoms with van der Waals surface area (Å²) in [6.07, 6.45) is 1.83. The lowest BCUT2D eigenvalue weighted by Gasteiger charge is -2.06. The number of aromatic nitrogens is 1. The summed E-state index contributed by atoms with van der Waals surface area (Å²) >= 11 is 0. The van der Waals surface area contributed by atoms with E-state index in [4.69, 9.17) is 10.5 Å². The predicted molar refractivity (Wildman–Crippen MR) is 86.5 cm³/mol. The van der Waals surface area contributed by atoms with Gasteiger partial charge in [0.25, 0.3) is 0 Å². The van der Waals surface area contributed by atoms with E-state index in [1.54, 1.807) is 18.2 Å². The molecule has 3 rings (SSSR count).